The summed E-state index contributed by atoms with van der Waals surface area (Å²) in [6, 6.07) is 5.23. The highest BCUT2D eigenvalue weighted by Crippen LogP contribution is 2.48. The zero-order chi connectivity index (χ0) is 24.5. The zero-order valence-corrected chi connectivity index (χ0v) is 18.2. The Balaban J connectivity index is 1.52. The van der Waals surface area contributed by atoms with E-state index in [9.17, 15) is 22.4 Å². The summed E-state index contributed by atoms with van der Waals surface area (Å²) in [5.41, 5.74) is 0.741. The Hall–Kier alpha value is -3.57. The number of alkyl halides is 4. The number of aromatic nitrogens is 2. The quantitative estimate of drug-likeness (QED) is 0.426. The van der Waals surface area contributed by atoms with E-state index in [1.165, 1.54) is 37.4 Å². The number of halogens is 4. The summed E-state index contributed by atoms with van der Waals surface area (Å²) in [5.74, 6) is -3.82. The Morgan fingerprint density at radius 2 is 2.06 bits per heavy atom. The highest BCUT2D eigenvalue weighted by atomic mass is 19.3. The van der Waals surface area contributed by atoms with Crippen LogP contribution < -0.4 is 19.5 Å². The van der Waals surface area contributed by atoms with Gasteiger partial charge in [-0.3, -0.25) is 4.79 Å². The zero-order valence-electron chi connectivity index (χ0n) is 18.2. The number of nitrogens with one attached hydrogen (secondary N) is 1. The van der Waals surface area contributed by atoms with Crippen LogP contribution in [0.15, 0.2) is 34.9 Å². The molecule has 8 nitrogen and oxygen atoms in total. The van der Waals surface area contributed by atoms with Gasteiger partial charge in [0, 0.05) is 25.5 Å². The molecule has 1 fully saturated rings. The first-order chi connectivity index (χ1) is 16.1. The smallest absolute Gasteiger partial charge is 0.387 e. The second-order valence-corrected chi connectivity index (χ2v) is 7.93. The number of carbonyl (C=O) groups excluding carboxylic acids is 1. The summed E-state index contributed by atoms with van der Waals surface area (Å²) >= 11 is 0. The molecule has 0 radical (unpaired) electrons. The number of pyridine rings is 1. The molecule has 0 saturated heterocycles. The lowest BCUT2D eigenvalue weighted by Crippen LogP contribution is -2.35. The highest BCUT2D eigenvalue weighted by Gasteiger charge is 2.57. The standard InChI is InChI=1S/C22H21F4N3O5/c1-11(28-12(2)30)9-32-19-6-18-16(8-27-19)29-20(33-18)15-4-3-14(5-17(15)34-21(23)24)31-10-13-7-22(13,25)26/h3-6,8,11,13,21H,7,9-10H2,1-2H3,(H,28,30)/t11-,13+/m0/s1. The van der Waals surface area contributed by atoms with Crippen LogP contribution in [0.5, 0.6) is 17.4 Å². The molecule has 0 aliphatic heterocycles. The Morgan fingerprint density at radius 1 is 1.29 bits per heavy atom. The molecule has 1 aromatic carbocycles. The van der Waals surface area contributed by atoms with Crippen molar-refractivity contribution in [2.75, 3.05) is 13.2 Å². The third-order valence-electron chi connectivity index (χ3n) is 4.99. The van der Waals surface area contributed by atoms with Crippen LogP contribution in [0.3, 0.4) is 0 Å². The van der Waals surface area contributed by atoms with Crippen LogP contribution in [0, 0.1) is 5.92 Å². The fourth-order valence-corrected chi connectivity index (χ4v) is 3.22. The lowest BCUT2D eigenvalue weighted by Gasteiger charge is -2.12. The maximum absolute atomic E-state index is 13.0. The van der Waals surface area contributed by atoms with Gasteiger partial charge in [0.25, 0.3) is 5.92 Å². The number of amides is 1. The molecule has 182 valence electrons. The van der Waals surface area contributed by atoms with Crippen LogP contribution in [0.1, 0.15) is 20.3 Å². The highest BCUT2D eigenvalue weighted by molar-refractivity contribution is 5.78. The first-order valence-electron chi connectivity index (χ1n) is 10.4. The van der Waals surface area contributed by atoms with Crippen LogP contribution in [-0.2, 0) is 4.79 Å². The number of nitrogens with zero attached hydrogens (tertiary/aromatic N) is 2. The van der Waals surface area contributed by atoms with Gasteiger partial charge in [0.05, 0.1) is 30.3 Å². The number of hydrogen-bond donors (Lipinski definition) is 1. The third kappa shape index (κ3) is 5.67. The summed E-state index contributed by atoms with van der Waals surface area (Å²) in [6.07, 6.45) is 1.13. The van der Waals surface area contributed by atoms with Crippen molar-refractivity contribution in [1.29, 1.82) is 0 Å². The monoisotopic (exact) mass is 483 g/mol. The average molecular weight is 483 g/mol. The molecule has 4 rings (SSSR count). The Labute approximate surface area is 191 Å². The predicted molar refractivity (Wildman–Crippen MR) is 111 cm³/mol. The van der Waals surface area contributed by atoms with Gasteiger partial charge in [-0.05, 0) is 19.1 Å². The number of rotatable bonds is 10. The number of ether oxygens (including phenoxy) is 3. The van der Waals surface area contributed by atoms with Gasteiger partial charge in [0.15, 0.2) is 5.58 Å². The van der Waals surface area contributed by atoms with Crippen LogP contribution in [0.2, 0.25) is 0 Å². The van der Waals surface area contributed by atoms with E-state index in [0.29, 0.717) is 5.52 Å². The number of oxazole rings is 1. The first-order valence-corrected chi connectivity index (χ1v) is 10.4. The van der Waals surface area contributed by atoms with Crippen molar-refractivity contribution in [1.82, 2.24) is 15.3 Å². The van der Waals surface area contributed by atoms with E-state index in [0.717, 1.165) is 0 Å². The molecule has 1 amide bonds. The molecule has 2 aromatic heterocycles. The van der Waals surface area contributed by atoms with Crippen molar-refractivity contribution in [2.45, 2.75) is 38.8 Å². The first kappa shape index (κ1) is 23.6. The number of carbonyl (C=O) groups is 1. The van der Waals surface area contributed by atoms with Crippen molar-refractivity contribution in [2.24, 2.45) is 5.92 Å². The molecule has 1 N–H and O–H groups in total. The van der Waals surface area contributed by atoms with Crippen molar-refractivity contribution in [3.8, 4) is 28.8 Å². The lowest BCUT2D eigenvalue weighted by molar-refractivity contribution is -0.119. The van der Waals surface area contributed by atoms with Crippen molar-refractivity contribution < 1.29 is 41.0 Å². The van der Waals surface area contributed by atoms with Gasteiger partial charge < -0.3 is 23.9 Å². The van der Waals surface area contributed by atoms with Gasteiger partial charge in [-0.1, -0.05) is 0 Å². The van der Waals surface area contributed by atoms with E-state index in [4.69, 9.17) is 13.9 Å². The van der Waals surface area contributed by atoms with Crippen LogP contribution in [0.25, 0.3) is 22.6 Å². The fraction of sp³-hybridized carbons (Fsp3) is 0.409. The van der Waals surface area contributed by atoms with Crippen molar-refractivity contribution in [3.63, 3.8) is 0 Å². The van der Waals surface area contributed by atoms with Crippen LogP contribution in [0.4, 0.5) is 17.6 Å². The van der Waals surface area contributed by atoms with E-state index < -0.39 is 18.5 Å². The predicted octanol–water partition coefficient (Wildman–Crippen LogP) is 4.43. The number of fused-ring (bicyclic) bond motifs is 1. The average Bonchev–Trinajstić information content (AvgIpc) is 3.16. The summed E-state index contributed by atoms with van der Waals surface area (Å²) < 4.78 is 73.2. The number of hydrogen-bond acceptors (Lipinski definition) is 7. The van der Waals surface area contributed by atoms with Gasteiger partial charge >= 0.3 is 6.61 Å². The van der Waals surface area contributed by atoms with Crippen molar-refractivity contribution >= 4 is 17.0 Å². The van der Waals surface area contributed by atoms with Gasteiger partial charge in [-0.25, -0.2) is 18.7 Å². The molecule has 12 heteroatoms. The molecule has 1 aliphatic carbocycles. The Kier molecular flexibility index (Phi) is 6.49. The minimum Gasteiger partial charge on any atom is -0.493 e. The van der Waals surface area contributed by atoms with E-state index >= 15 is 0 Å². The Morgan fingerprint density at radius 3 is 2.74 bits per heavy atom. The molecule has 1 aliphatic rings. The van der Waals surface area contributed by atoms with Crippen LogP contribution >= 0.6 is 0 Å². The van der Waals surface area contributed by atoms with Gasteiger partial charge in [0.2, 0.25) is 17.7 Å². The molecule has 2 heterocycles. The molecular formula is C22H21F4N3O5. The minimum absolute atomic E-state index is 0.0171. The van der Waals surface area contributed by atoms with E-state index in [1.807, 2.05) is 0 Å². The van der Waals surface area contributed by atoms with Crippen LogP contribution in [-0.4, -0.2) is 47.7 Å². The maximum atomic E-state index is 13.0. The topological polar surface area (TPSA) is 95.7 Å². The lowest BCUT2D eigenvalue weighted by atomic mass is 10.2. The molecular weight excluding hydrogens is 462 g/mol. The summed E-state index contributed by atoms with van der Waals surface area (Å²) in [5, 5.41) is 2.67. The number of benzene rings is 1. The molecule has 0 unspecified atom stereocenters. The molecule has 0 spiro atoms. The van der Waals surface area contributed by atoms with E-state index in [2.05, 4.69) is 20.0 Å². The molecule has 3 aromatic rings. The third-order valence-corrected chi connectivity index (χ3v) is 4.99. The fourth-order valence-electron chi connectivity index (χ4n) is 3.22. The van der Waals surface area contributed by atoms with Gasteiger partial charge in [-0.2, -0.15) is 8.78 Å². The largest absolute Gasteiger partial charge is 0.493 e. The van der Waals surface area contributed by atoms with E-state index in [-0.39, 0.29) is 66.0 Å². The SMILES string of the molecule is CC(=O)N[C@@H](C)COc1cc2oc(-c3ccc(OC[C@H]4CC4(F)F)cc3OC(F)F)nc2cn1. The van der Waals surface area contributed by atoms with Crippen molar-refractivity contribution in [3.05, 3.63) is 30.5 Å². The summed E-state index contributed by atoms with van der Waals surface area (Å²) in [7, 11) is 0. The molecule has 2 atom stereocenters. The second-order valence-electron chi connectivity index (χ2n) is 7.93. The molecule has 1 saturated carbocycles. The van der Waals surface area contributed by atoms with Gasteiger partial charge in [0.1, 0.15) is 23.6 Å². The summed E-state index contributed by atoms with van der Waals surface area (Å²) in [4.78, 5) is 19.5. The molecule has 34 heavy (non-hydrogen) atoms. The maximum Gasteiger partial charge on any atom is 0.387 e. The Bertz CT molecular complexity index is 1190. The normalized spacial score (nSPS) is 17.4. The molecule has 0 bridgehead atoms. The summed E-state index contributed by atoms with van der Waals surface area (Å²) in [6.45, 7) is -0.0513. The second kappa shape index (κ2) is 9.35. The van der Waals surface area contributed by atoms with E-state index in [1.54, 1.807) is 6.92 Å². The minimum atomic E-state index is -3.14. The van der Waals surface area contributed by atoms with Gasteiger partial charge in [-0.15, -0.1) is 0 Å².